The van der Waals surface area contributed by atoms with Gasteiger partial charge in [0, 0.05) is 10.3 Å². The Labute approximate surface area is 86.3 Å². The summed E-state index contributed by atoms with van der Waals surface area (Å²) in [5, 5.41) is 11.2. The summed E-state index contributed by atoms with van der Waals surface area (Å²) >= 11 is 1.33. The maximum atomic E-state index is 11.1. The molecule has 0 unspecified atom stereocenters. The number of carbonyl (C=O) groups is 1. The second kappa shape index (κ2) is 5.09. The number of hydrogen-bond donors (Lipinski definition) is 2. The zero-order chi connectivity index (χ0) is 10.6. The molecule has 0 saturated carbocycles. The molecule has 1 rings (SSSR count). The molecule has 0 aliphatic heterocycles. The molecule has 0 fully saturated rings. The molecule has 0 saturated heterocycles. The van der Waals surface area contributed by atoms with E-state index in [0.717, 1.165) is 4.88 Å². The number of esters is 1. The van der Waals surface area contributed by atoms with Crippen molar-refractivity contribution in [3.8, 4) is 0 Å². The molecule has 5 heteroatoms. The summed E-state index contributed by atoms with van der Waals surface area (Å²) in [7, 11) is 1.33. The van der Waals surface area contributed by atoms with Gasteiger partial charge in [-0.15, -0.1) is 11.3 Å². The number of ether oxygens (including phenoxy) is 1. The summed E-state index contributed by atoms with van der Waals surface area (Å²) in [6.45, 7) is 0.423. The van der Waals surface area contributed by atoms with Crippen LogP contribution in [0.5, 0.6) is 0 Å². The molecule has 0 spiro atoms. The van der Waals surface area contributed by atoms with Gasteiger partial charge in [-0.2, -0.15) is 0 Å². The lowest BCUT2D eigenvalue weighted by Crippen LogP contribution is -2.05. The SMILES string of the molecule is COC(=O)c1csc([C@@H](O)CCN)c1. The minimum absolute atomic E-state index is 0.382. The van der Waals surface area contributed by atoms with Crippen LogP contribution < -0.4 is 5.73 Å². The van der Waals surface area contributed by atoms with Crippen molar-refractivity contribution in [1.29, 1.82) is 0 Å². The van der Waals surface area contributed by atoms with Gasteiger partial charge in [-0.1, -0.05) is 0 Å². The highest BCUT2D eigenvalue weighted by atomic mass is 32.1. The van der Waals surface area contributed by atoms with Crippen molar-refractivity contribution in [2.24, 2.45) is 5.73 Å². The molecule has 14 heavy (non-hydrogen) atoms. The number of carbonyl (C=O) groups excluding carboxylic acids is 1. The summed E-state index contributed by atoms with van der Waals surface area (Å²) < 4.78 is 4.55. The largest absolute Gasteiger partial charge is 0.465 e. The number of nitrogens with two attached hydrogens (primary N) is 1. The van der Waals surface area contributed by atoms with E-state index in [9.17, 15) is 9.90 Å². The molecule has 1 aromatic rings. The van der Waals surface area contributed by atoms with Crippen molar-refractivity contribution in [3.63, 3.8) is 0 Å². The highest BCUT2D eigenvalue weighted by Crippen LogP contribution is 2.24. The fraction of sp³-hybridized carbons (Fsp3) is 0.444. The van der Waals surface area contributed by atoms with Crippen molar-refractivity contribution in [2.45, 2.75) is 12.5 Å². The van der Waals surface area contributed by atoms with Crippen molar-refractivity contribution in [3.05, 3.63) is 21.9 Å². The minimum atomic E-state index is -0.580. The number of aliphatic hydroxyl groups excluding tert-OH is 1. The van der Waals surface area contributed by atoms with Crippen LogP contribution in [-0.2, 0) is 4.74 Å². The van der Waals surface area contributed by atoms with Gasteiger partial charge in [0.05, 0.1) is 18.8 Å². The number of rotatable bonds is 4. The summed E-state index contributed by atoms with van der Waals surface area (Å²) in [5.74, 6) is -0.382. The third kappa shape index (κ3) is 2.54. The van der Waals surface area contributed by atoms with Crippen LogP contribution in [0.2, 0.25) is 0 Å². The van der Waals surface area contributed by atoms with Gasteiger partial charge in [0.25, 0.3) is 0 Å². The lowest BCUT2D eigenvalue weighted by atomic mass is 10.2. The molecule has 1 atom stereocenters. The van der Waals surface area contributed by atoms with Crippen LogP contribution in [0.15, 0.2) is 11.4 Å². The average molecular weight is 215 g/mol. The topological polar surface area (TPSA) is 72.5 Å². The minimum Gasteiger partial charge on any atom is -0.465 e. The van der Waals surface area contributed by atoms with Crippen LogP contribution in [0.25, 0.3) is 0 Å². The highest BCUT2D eigenvalue weighted by Gasteiger charge is 2.13. The van der Waals surface area contributed by atoms with Gasteiger partial charge < -0.3 is 15.6 Å². The molecular formula is C9H13NO3S. The first-order chi connectivity index (χ1) is 6.69. The lowest BCUT2D eigenvalue weighted by molar-refractivity contribution is 0.0601. The Bertz CT molecular complexity index is 311. The third-order valence-electron chi connectivity index (χ3n) is 1.81. The van der Waals surface area contributed by atoms with Gasteiger partial charge in [-0.25, -0.2) is 4.79 Å². The molecule has 3 N–H and O–H groups in total. The van der Waals surface area contributed by atoms with Crippen molar-refractivity contribution in [1.82, 2.24) is 0 Å². The Hall–Kier alpha value is -0.910. The number of thiophene rings is 1. The second-order valence-corrected chi connectivity index (χ2v) is 3.77. The second-order valence-electron chi connectivity index (χ2n) is 2.82. The van der Waals surface area contributed by atoms with Crippen molar-refractivity contribution < 1.29 is 14.6 Å². The first-order valence-electron chi connectivity index (χ1n) is 4.24. The van der Waals surface area contributed by atoms with Gasteiger partial charge in [0.1, 0.15) is 0 Å². The van der Waals surface area contributed by atoms with E-state index < -0.39 is 6.10 Å². The van der Waals surface area contributed by atoms with E-state index in [0.29, 0.717) is 18.5 Å². The predicted octanol–water partition coefficient (Wildman–Crippen LogP) is 0.917. The number of hydrogen-bond acceptors (Lipinski definition) is 5. The molecule has 0 bridgehead atoms. The predicted molar refractivity (Wildman–Crippen MR) is 54.3 cm³/mol. The van der Waals surface area contributed by atoms with Crippen molar-refractivity contribution >= 4 is 17.3 Å². The zero-order valence-corrected chi connectivity index (χ0v) is 8.71. The molecule has 1 heterocycles. The Morgan fingerprint density at radius 1 is 1.79 bits per heavy atom. The molecule has 0 aliphatic carbocycles. The van der Waals surface area contributed by atoms with Gasteiger partial charge in [0.15, 0.2) is 0 Å². The number of aliphatic hydroxyl groups is 1. The van der Waals surface area contributed by atoms with E-state index in [1.807, 2.05) is 0 Å². The Kier molecular flexibility index (Phi) is 4.06. The van der Waals surface area contributed by atoms with Gasteiger partial charge in [0.2, 0.25) is 0 Å². The number of methoxy groups -OCH3 is 1. The molecule has 1 aromatic heterocycles. The average Bonchev–Trinajstić information content (AvgIpc) is 2.66. The molecule has 0 aliphatic rings. The normalized spacial score (nSPS) is 12.5. The molecule has 0 amide bonds. The van der Waals surface area contributed by atoms with E-state index in [-0.39, 0.29) is 5.97 Å². The Morgan fingerprint density at radius 3 is 3.07 bits per heavy atom. The van der Waals surface area contributed by atoms with Gasteiger partial charge in [-0.05, 0) is 19.0 Å². The van der Waals surface area contributed by atoms with Gasteiger partial charge >= 0.3 is 5.97 Å². The van der Waals surface area contributed by atoms with Crippen LogP contribution in [0.4, 0.5) is 0 Å². The first-order valence-corrected chi connectivity index (χ1v) is 5.12. The van der Waals surface area contributed by atoms with Crippen LogP contribution in [0.3, 0.4) is 0 Å². The maximum Gasteiger partial charge on any atom is 0.338 e. The van der Waals surface area contributed by atoms with Crippen molar-refractivity contribution in [2.75, 3.05) is 13.7 Å². The first kappa shape index (κ1) is 11.2. The monoisotopic (exact) mass is 215 g/mol. The van der Waals surface area contributed by atoms with E-state index >= 15 is 0 Å². The quantitative estimate of drug-likeness (QED) is 0.732. The molecule has 4 nitrogen and oxygen atoms in total. The summed E-state index contributed by atoms with van der Waals surface area (Å²) in [6.07, 6.45) is -0.0791. The van der Waals surface area contributed by atoms with Crippen LogP contribution in [0.1, 0.15) is 27.8 Å². The molecular weight excluding hydrogens is 202 g/mol. The standard InChI is InChI=1S/C9H13NO3S/c1-13-9(12)6-4-8(14-5-6)7(11)2-3-10/h4-5,7,11H,2-3,10H2,1H3/t7-/m0/s1. The maximum absolute atomic E-state index is 11.1. The van der Waals surface area contributed by atoms with E-state index in [4.69, 9.17) is 5.73 Å². The summed E-state index contributed by atoms with van der Waals surface area (Å²) in [5.41, 5.74) is 5.79. The lowest BCUT2D eigenvalue weighted by Gasteiger charge is -2.04. The van der Waals surface area contributed by atoms with Crippen LogP contribution >= 0.6 is 11.3 Å². The summed E-state index contributed by atoms with van der Waals surface area (Å²) in [4.78, 5) is 11.8. The van der Waals surface area contributed by atoms with E-state index in [1.54, 1.807) is 11.4 Å². The summed E-state index contributed by atoms with van der Waals surface area (Å²) in [6, 6.07) is 1.64. The fourth-order valence-corrected chi connectivity index (χ4v) is 1.95. The van der Waals surface area contributed by atoms with Gasteiger partial charge in [-0.3, -0.25) is 0 Å². The zero-order valence-electron chi connectivity index (χ0n) is 7.90. The highest BCUT2D eigenvalue weighted by molar-refractivity contribution is 7.10. The Balaban J connectivity index is 2.72. The van der Waals surface area contributed by atoms with E-state index in [1.165, 1.54) is 18.4 Å². The van der Waals surface area contributed by atoms with Crippen LogP contribution in [0, 0.1) is 0 Å². The molecule has 0 radical (unpaired) electrons. The van der Waals surface area contributed by atoms with E-state index in [2.05, 4.69) is 4.74 Å². The molecule has 0 aromatic carbocycles. The Morgan fingerprint density at radius 2 is 2.50 bits per heavy atom. The smallest absolute Gasteiger partial charge is 0.338 e. The van der Waals surface area contributed by atoms with Crippen LogP contribution in [-0.4, -0.2) is 24.7 Å². The third-order valence-corrected chi connectivity index (χ3v) is 2.84. The fourth-order valence-electron chi connectivity index (χ4n) is 1.05. The molecule has 78 valence electrons.